The number of hydrogen-bond acceptors (Lipinski definition) is 3. The lowest BCUT2D eigenvalue weighted by molar-refractivity contribution is 0.472. The van der Waals surface area contributed by atoms with Gasteiger partial charge in [-0.3, -0.25) is 9.55 Å². The van der Waals surface area contributed by atoms with Crippen molar-refractivity contribution in [2.24, 2.45) is 0 Å². The van der Waals surface area contributed by atoms with E-state index in [9.17, 15) is 5.11 Å². The minimum Gasteiger partial charge on any atom is -0.507 e. The second-order valence-corrected chi connectivity index (χ2v) is 11.9. The van der Waals surface area contributed by atoms with Crippen molar-refractivity contribution in [3.8, 4) is 67.5 Å². The van der Waals surface area contributed by atoms with E-state index in [0.717, 1.165) is 55.7 Å². The van der Waals surface area contributed by atoms with Crippen LogP contribution in [0.3, 0.4) is 0 Å². The van der Waals surface area contributed by atoms with E-state index < -0.39 is 6.04 Å². The van der Waals surface area contributed by atoms with E-state index in [1.807, 2.05) is 111 Å². The monoisotopic (exact) mass is 624 g/mol. The predicted octanol–water partition coefficient (Wildman–Crippen LogP) is 11.1. The SMILES string of the molecule is [2H]c1c([2H])c([2H])c(-c2ccnc(-c3cc(-c4ccccc4)cc(-c4cccc5c4nc(-c4cc(C)cc(C)c4O)n5-c4ccccc4)c3)c2)c([2H])c1[2H]. The van der Waals surface area contributed by atoms with Gasteiger partial charge in [0, 0.05) is 23.0 Å². The van der Waals surface area contributed by atoms with Crippen molar-refractivity contribution in [3.63, 3.8) is 0 Å². The molecule has 0 unspecified atom stereocenters. The summed E-state index contributed by atoms with van der Waals surface area (Å²) < 4.78 is 43.8. The van der Waals surface area contributed by atoms with E-state index in [1.165, 1.54) is 0 Å². The summed E-state index contributed by atoms with van der Waals surface area (Å²) in [6.07, 6.45) is 1.60. The second kappa shape index (κ2) is 12.2. The van der Waals surface area contributed by atoms with E-state index in [1.54, 1.807) is 18.3 Å². The maximum atomic E-state index is 11.4. The van der Waals surface area contributed by atoms with Gasteiger partial charge in [-0.2, -0.15) is 0 Å². The number of phenolic OH excluding ortho intramolecular Hbond substituents is 1. The van der Waals surface area contributed by atoms with Crippen molar-refractivity contribution in [2.75, 3.05) is 0 Å². The Bertz CT molecular complexity index is 2680. The van der Waals surface area contributed by atoms with Crippen LogP contribution in [0.5, 0.6) is 5.75 Å². The fraction of sp³-hybridized carbons (Fsp3) is 0.0455. The summed E-state index contributed by atoms with van der Waals surface area (Å²) in [7, 11) is 0. The largest absolute Gasteiger partial charge is 0.507 e. The number of hydrogen-bond donors (Lipinski definition) is 1. The van der Waals surface area contributed by atoms with Crippen LogP contribution < -0.4 is 0 Å². The Kier molecular flexibility index (Phi) is 6.08. The Morgan fingerprint density at radius 2 is 1.33 bits per heavy atom. The molecule has 0 atom stereocenters. The number of aromatic nitrogens is 3. The van der Waals surface area contributed by atoms with Crippen LogP contribution >= 0.6 is 0 Å². The highest BCUT2D eigenvalue weighted by Gasteiger charge is 2.21. The Morgan fingerprint density at radius 1 is 0.604 bits per heavy atom. The standard InChI is InChI=1S/C44H33N3O/c1-29-23-30(2)43(48)39(24-29)44-46-42-38(19-12-20-41(42)47(44)37-17-10-5-11-18-37)35-25-34(32-15-8-4-9-16-32)26-36(27-35)40-28-33(21-22-45-40)31-13-6-3-7-14-31/h3-28,48H,1-2H3/i3D,6D,7D,13D,14D. The second-order valence-electron chi connectivity index (χ2n) is 11.9. The molecule has 0 saturated carbocycles. The Balaban J connectivity index is 1.38. The van der Waals surface area contributed by atoms with E-state index in [-0.39, 0.29) is 35.5 Å². The number of fused-ring (bicyclic) bond motifs is 1. The van der Waals surface area contributed by atoms with Crippen LogP contribution in [0.4, 0.5) is 0 Å². The van der Waals surface area contributed by atoms with Crippen molar-refractivity contribution >= 4 is 11.0 Å². The van der Waals surface area contributed by atoms with Crippen molar-refractivity contribution in [1.29, 1.82) is 0 Å². The molecule has 0 spiro atoms. The van der Waals surface area contributed by atoms with E-state index in [0.29, 0.717) is 22.6 Å². The zero-order valence-corrected chi connectivity index (χ0v) is 26.4. The van der Waals surface area contributed by atoms with Crippen LogP contribution in [0.2, 0.25) is 0 Å². The summed E-state index contributed by atoms with van der Waals surface area (Å²) in [6.45, 7) is 3.90. The fourth-order valence-corrected chi connectivity index (χ4v) is 6.35. The third-order valence-electron chi connectivity index (χ3n) is 8.58. The Hall–Kier alpha value is -6.26. The number of aryl methyl sites for hydroxylation is 2. The summed E-state index contributed by atoms with van der Waals surface area (Å²) in [6, 6.07) is 38.0. The first-order valence-corrected chi connectivity index (χ1v) is 15.7. The first-order valence-electron chi connectivity index (χ1n) is 18.2. The zero-order chi connectivity index (χ0) is 37.0. The van der Waals surface area contributed by atoms with E-state index in [4.69, 9.17) is 16.8 Å². The van der Waals surface area contributed by atoms with Crippen molar-refractivity contribution in [3.05, 3.63) is 169 Å². The Morgan fingerprint density at radius 3 is 2.12 bits per heavy atom. The molecule has 0 aliphatic carbocycles. The molecule has 48 heavy (non-hydrogen) atoms. The maximum Gasteiger partial charge on any atom is 0.149 e. The number of imidazole rings is 1. The average molecular weight is 625 g/mol. The topological polar surface area (TPSA) is 50.9 Å². The molecule has 2 aromatic heterocycles. The number of para-hydroxylation sites is 2. The molecule has 0 radical (unpaired) electrons. The minimum atomic E-state index is -0.432. The molecule has 4 heteroatoms. The van der Waals surface area contributed by atoms with Gasteiger partial charge in [0.15, 0.2) is 0 Å². The first-order chi connectivity index (χ1) is 25.6. The van der Waals surface area contributed by atoms with E-state index in [2.05, 4.69) is 16.7 Å². The minimum absolute atomic E-state index is 0.123. The summed E-state index contributed by atoms with van der Waals surface area (Å²) in [5, 5.41) is 11.4. The molecule has 0 bridgehead atoms. The number of nitrogens with zero attached hydrogens (tertiary/aromatic N) is 3. The lowest BCUT2D eigenvalue weighted by Crippen LogP contribution is -1.98. The number of benzene rings is 6. The maximum absolute atomic E-state index is 11.4. The predicted molar refractivity (Wildman–Crippen MR) is 197 cm³/mol. The third-order valence-corrected chi connectivity index (χ3v) is 8.58. The van der Waals surface area contributed by atoms with Gasteiger partial charge in [0.1, 0.15) is 11.6 Å². The molecule has 2 heterocycles. The highest BCUT2D eigenvalue weighted by atomic mass is 16.3. The zero-order valence-electron chi connectivity index (χ0n) is 31.4. The average Bonchev–Trinajstić information content (AvgIpc) is 3.58. The van der Waals surface area contributed by atoms with Gasteiger partial charge >= 0.3 is 0 Å². The van der Waals surface area contributed by atoms with Gasteiger partial charge < -0.3 is 5.11 Å². The Labute approximate surface area is 287 Å². The number of pyridine rings is 1. The molecule has 8 aromatic rings. The molecule has 0 saturated heterocycles. The molecule has 0 fully saturated rings. The van der Waals surface area contributed by atoms with Gasteiger partial charge in [0.2, 0.25) is 0 Å². The van der Waals surface area contributed by atoms with Gasteiger partial charge in [-0.1, -0.05) is 96.9 Å². The van der Waals surface area contributed by atoms with Gasteiger partial charge in [-0.05, 0) is 107 Å². The molecule has 0 aliphatic heterocycles. The number of phenols is 1. The molecule has 230 valence electrons. The van der Waals surface area contributed by atoms with Crippen molar-refractivity contribution in [2.45, 2.75) is 13.8 Å². The highest BCUT2D eigenvalue weighted by Crippen LogP contribution is 2.40. The van der Waals surface area contributed by atoms with Crippen LogP contribution in [0, 0.1) is 13.8 Å². The molecule has 8 rings (SSSR count). The molecule has 6 aromatic carbocycles. The van der Waals surface area contributed by atoms with E-state index >= 15 is 0 Å². The third kappa shape index (κ3) is 5.33. The summed E-state index contributed by atoms with van der Waals surface area (Å²) in [5.74, 6) is 0.804. The smallest absolute Gasteiger partial charge is 0.149 e. The summed E-state index contributed by atoms with van der Waals surface area (Å²) in [4.78, 5) is 9.99. The van der Waals surface area contributed by atoms with Crippen LogP contribution in [0.25, 0.3) is 72.7 Å². The van der Waals surface area contributed by atoms with Crippen LogP contribution in [-0.2, 0) is 0 Å². The first kappa shape index (κ1) is 24.0. The summed E-state index contributed by atoms with van der Waals surface area (Å²) in [5.41, 5.74) is 10.6. The van der Waals surface area contributed by atoms with Crippen LogP contribution in [-0.4, -0.2) is 19.6 Å². The normalized spacial score (nSPS) is 12.7. The fourth-order valence-electron chi connectivity index (χ4n) is 6.35. The molecule has 4 nitrogen and oxygen atoms in total. The highest BCUT2D eigenvalue weighted by molar-refractivity contribution is 5.97. The lowest BCUT2D eigenvalue weighted by atomic mass is 9.93. The molecule has 0 amide bonds. The molecule has 1 N–H and O–H groups in total. The quantitative estimate of drug-likeness (QED) is 0.200. The van der Waals surface area contributed by atoms with Gasteiger partial charge in [-0.15, -0.1) is 0 Å². The van der Waals surface area contributed by atoms with Crippen LogP contribution in [0.15, 0.2) is 158 Å². The van der Waals surface area contributed by atoms with Crippen LogP contribution in [0.1, 0.15) is 18.0 Å². The van der Waals surface area contributed by atoms with Crippen molar-refractivity contribution in [1.82, 2.24) is 14.5 Å². The lowest BCUT2D eigenvalue weighted by Gasteiger charge is -2.13. The molecular weight excluding hydrogens is 587 g/mol. The number of aromatic hydroxyl groups is 1. The van der Waals surface area contributed by atoms with Gasteiger partial charge in [0.05, 0.1) is 29.1 Å². The molecule has 0 aliphatic rings. The van der Waals surface area contributed by atoms with Gasteiger partial charge in [0.25, 0.3) is 0 Å². The number of rotatable bonds is 6. The van der Waals surface area contributed by atoms with Crippen molar-refractivity contribution < 1.29 is 12.0 Å². The molecular formula is C44H33N3O. The van der Waals surface area contributed by atoms with Gasteiger partial charge in [-0.25, -0.2) is 4.98 Å². The summed E-state index contributed by atoms with van der Waals surface area (Å²) >= 11 is 0.